The average Bonchev–Trinajstić information content (AvgIpc) is 2.62. The van der Waals surface area contributed by atoms with Crippen molar-refractivity contribution in [2.24, 2.45) is 0 Å². The molecule has 146 valence electrons. The summed E-state index contributed by atoms with van der Waals surface area (Å²) in [5.74, 6) is -0.429. The molecule has 0 saturated heterocycles. The van der Waals surface area contributed by atoms with E-state index < -0.39 is 15.9 Å². The Hall–Kier alpha value is -1.93. The van der Waals surface area contributed by atoms with Crippen LogP contribution in [0.4, 0.5) is 0 Å². The monoisotopic (exact) mass is 410 g/mol. The molecule has 0 spiro atoms. The van der Waals surface area contributed by atoms with Crippen molar-refractivity contribution < 1.29 is 18.3 Å². The summed E-state index contributed by atoms with van der Waals surface area (Å²) in [5, 5.41) is 11.9. The van der Waals surface area contributed by atoms with Gasteiger partial charge >= 0.3 is 0 Å². The second-order valence-corrected chi connectivity index (χ2v) is 8.52. The molecule has 0 saturated carbocycles. The van der Waals surface area contributed by atoms with Gasteiger partial charge < -0.3 is 10.4 Å². The number of halogens is 1. The van der Waals surface area contributed by atoms with Gasteiger partial charge in [0.25, 0.3) is 0 Å². The minimum Gasteiger partial charge on any atom is -0.396 e. The molecule has 0 aliphatic carbocycles. The number of nitrogens with one attached hydrogen (secondary N) is 1. The van der Waals surface area contributed by atoms with Crippen LogP contribution < -0.4 is 5.32 Å². The van der Waals surface area contributed by atoms with Gasteiger partial charge in [-0.15, -0.1) is 0 Å². The number of nitrogens with zero attached hydrogens (tertiary/aromatic N) is 1. The lowest BCUT2D eigenvalue weighted by Gasteiger charge is -2.22. The number of rotatable bonds is 9. The van der Waals surface area contributed by atoms with Crippen molar-refractivity contribution in [3.05, 3.63) is 64.7 Å². The summed E-state index contributed by atoms with van der Waals surface area (Å²) >= 11 is 6.00. The van der Waals surface area contributed by atoms with Crippen molar-refractivity contribution in [1.82, 2.24) is 9.62 Å². The first kappa shape index (κ1) is 21.4. The zero-order valence-electron chi connectivity index (χ0n) is 15.1. The zero-order chi connectivity index (χ0) is 19.9. The Labute approximate surface area is 164 Å². The number of benzene rings is 2. The van der Waals surface area contributed by atoms with Crippen LogP contribution in [0.1, 0.15) is 17.5 Å². The van der Waals surface area contributed by atoms with Crippen molar-refractivity contribution in [2.75, 3.05) is 19.7 Å². The molecule has 2 rings (SSSR count). The Balaban J connectivity index is 2.27. The third-order valence-electron chi connectivity index (χ3n) is 3.88. The molecule has 2 aromatic rings. The van der Waals surface area contributed by atoms with Gasteiger partial charge in [0.05, 0.1) is 11.4 Å². The maximum absolute atomic E-state index is 13.1. The highest BCUT2D eigenvalue weighted by Gasteiger charge is 2.26. The molecule has 0 atom stereocenters. The maximum atomic E-state index is 13.1. The summed E-state index contributed by atoms with van der Waals surface area (Å²) < 4.78 is 27.3. The largest absolute Gasteiger partial charge is 0.396 e. The van der Waals surface area contributed by atoms with Crippen LogP contribution in [0, 0.1) is 6.92 Å². The zero-order valence-corrected chi connectivity index (χ0v) is 16.6. The average molecular weight is 411 g/mol. The van der Waals surface area contributed by atoms with Gasteiger partial charge in [0, 0.05) is 24.7 Å². The number of carbonyl (C=O) groups is 1. The Morgan fingerprint density at radius 2 is 1.89 bits per heavy atom. The number of hydrogen-bond donors (Lipinski definition) is 2. The van der Waals surface area contributed by atoms with Crippen LogP contribution in [0.3, 0.4) is 0 Å². The first-order valence-corrected chi connectivity index (χ1v) is 10.3. The van der Waals surface area contributed by atoms with E-state index in [0.717, 1.165) is 9.87 Å². The third kappa shape index (κ3) is 6.32. The van der Waals surface area contributed by atoms with E-state index in [2.05, 4.69) is 5.32 Å². The van der Waals surface area contributed by atoms with Crippen LogP contribution in [-0.2, 0) is 21.4 Å². The summed E-state index contributed by atoms with van der Waals surface area (Å²) in [6.07, 6.45) is 0.407. The van der Waals surface area contributed by atoms with Crippen molar-refractivity contribution in [3.8, 4) is 0 Å². The Morgan fingerprint density at radius 1 is 1.19 bits per heavy atom. The molecule has 0 unspecified atom stereocenters. The Bertz CT molecular complexity index is 870. The van der Waals surface area contributed by atoms with Gasteiger partial charge in [-0.3, -0.25) is 4.79 Å². The molecule has 0 bridgehead atoms. The highest BCUT2D eigenvalue weighted by atomic mass is 35.5. The molecular formula is C19H23ClN2O4S. The summed E-state index contributed by atoms with van der Waals surface area (Å²) in [6.45, 7) is 1.80. The molecule has 0 aliphatic rings. The molecular weight excluding hydrogens is 388 g/mol. The van der Waals surface area contributed by atoms with E-state index in [1.165, 1.54) is 12.1 Å². The van der Waals surface area contributed by atoms with E-state index in [1.807, 2.05) is 6.92 Å². The number of aryl methyl sites for hydroxylation is 1. The number of sulfonamides is 1. The predicted octanol–water partition coefficient (Wildman–Crippen LogP) is 2.34. The number of amides is 1. The van der Waals surface area contributed by atoms with E-state index in [1.54, 1.807) is 36.4 Å². The molecule has 0 aliphatic heterocycles. The fourth-order valence-corrected chi connectivity index (χ4v) is 4.04. The second kappa shape index (κ2) is 9.85. The van der Waals surface area contributed by atoms with Crippen molar-refractivity contribution in [2.45, 2.75) is 24.8 Å². The Morgan fingerprint density at radius 3 is 2.52 bits per heavy atom. The number of aliphatic hydroxyl groups excluding tert-OH is 1. The highest BCUT2D eigenvalue weighted by molar-refractivity contribution is 7.89. The molecule has 0 heterocycles. The van der Waals surface area contributed by atoms with Crippen molar-refractivity contribution in [1.29, 1.82) is 0 Å². The smallest absolute Gasteiger partial charge is 0.243 e. The quantitative estimate of drug-likeness (QED) is 0.621. The van der Waals surface area contributed by atoms with E-state index in [-0.39, 0.29) is 31.1 Å². The van der Waals surface area contributed by atoms with Crippen LogP contribution in [0.2, 0.25) is 5.02 Å². The van der Waals surface area contributed by atoms with E-state index in [4.69, 9.17) is 16.7 Å². The topological polar surface area (TPSA) is 86.7 Å². The van der Waals surface area contributed by atoms with E-state index in [0.29, 0.717) is 17.0 Å². The predicted molar refractivity (Wildman–Crippen MR) is 105 cm³/mol. The molecule has 8 heteroatoms. The van der Waals surface area contributed by atoms with Gasteiger partial charge in [0.15, 0.2) is 0 Å². The fourth-order valence-electron chi connectivity index (χ4n) is 2.45. The minimum atomic E-state index is -3.87. The molecule has 1 amide bonds. The lowest BCUT2D eigenvalue weighted by molar-refractivity contribution is -0.121. The van der Waals surface area contributed by atoms with E-state index >= 15 is 0 Å². The first-order chi connectivity index (χ1) is 12.8. The molecule has 0 radical (unpaired) electrons. The maximum Gasteiger partial charge on any atom is 0.243 e. The lowest BCUT2D eigenvalue weighted by Crippen LogP contribution is -2.40. The summed E-state index contributed by atoms with van der Waals surface area (Å²) in [5.41, 5.74) is 1.62. The van der Waals surface area contributed by atoms with Crippen LogP contribution in [0.5, 0.6) is 0 Å². The van der Waals surface area contributed by atoms with Gasteiger partial charge in [-0.25, -0.2) is 8.42 Å². The van der Waals surface area contributed by atoms with Gasteiger partial charge in [0.2, 0.25) is 15.9 Å². The highest BCUT2D eigenvalue weighted by Crippen LogP contribution is 2.20. The van der Waals surface area contributed by atoms with Crippen LogP contribution in [-0.4, -0.2) is 43.4 Å². The molecule has 2 aromatic carbocycles. The summed E-state index contributed by atoms with van der Waals surface area (Å²) in [6, 6.07) is 13.3. The van der Waals surface area contributed by atoms with Gasteiger partial charge in [0.1, 0.15) is 0 Å². The van der Waals surface area contributed by atoms with Crippen LogP contribution >= 0.6 is 11.6 Å². The lowest BCUT2D eigenvalue weighted by atomic mass is 10.2. The molecule has 27 heavy (non-hydrogen) atoms. The molecule has 2 N–H and O–H groups in total. The normalized spacial score (nSPS) is 11.6. The Kier molecular flexibility index (Phi) is 7.79. The minimum absolute atomic E-state index is 0.0180. The summed E-state index contributed by atoms with van der Waals surface area (Å²) in [7, 11) is -3.87. The van der Waals surface area contributed by atoms with Crippen LogP contribution in [0.15, 0.2) is 53.4 Å². The number of hydrogen-bond acceptors (Lipinski definition) is 4. The van der Waals surface area contributed by atoms with Crippen molar-refractivity contribution in [3.63, 3.8) is 0 Å². The van der Waals surface area contributed by atoms with Gasteiger partial charge in [-0.2, -0.15) is 4.31 Å². The molecule has 0 fully saturated rings. The van der Waals surface area contributed by atoms with E-state index in [9.17, 15) is 13.2 Å². The molecule has 6 nitrogen and oxygen atoms in total. The van der Waals surface area contributed by atoms with Gasteiger partial charge in [-0.1, -0.05) is 41.4 Å². The van der Waals surface area contributed by atoms with Crippen molar-refractivity contribution >= 4 is 27.5 Å². The fraction of sp³-hybridized carbons (Fsp3) is 0.316. The summed E-state index contributed by atoms with van der Waals surface area (Å²) in [4.78, 5) is 12.3. The standard InChI is InChI=1S/C19H23ClN2O4S/c1-15-6-8-18(9-7-15)27(25,26)22(14-19(24)21-10-3-11-23)13-16-4-2-5-17(20)12-16/h2,4-9,12,23H,3,10-11,13-14H2,1H3,(H,21,24). The van der Waals surface area contributed by atoms with Crippen LogP contribution in [0.25, 0.3) is 0 Å². The number of carbonyl (C=O) groups excluding carboxylic acids is 1. The third-order valence-corrected chi connectivity index (χ3v) is 5.92. The SMILES string of the molecule is Cc1ccc(S(=O)(=O)N(CC(=O)NCCCO)Cc2cccc(Cl)c2)cc1. The number of aliphatic hydroxyl groups is 1. The second-order valence-electron chi connectivity index (χ2n) is 6.14. The van der Waals surface area contributed by atoms with Gasteiger partial charge in [-0.05, 0) is 43.2 Å². The molecule has 0 aromatic heterocycles. The first-order valence-electron chi connectivity index (χ1n) is 8.52.